The maximum Gasteiger partial charge on any atom is 0.218 e. The minimum atomic E-state index is -0.0249. The van der Waals surface area contributed by atoms with Crippen molar-refractivity contribution in [1.29, 1.82) is 0 Å². The van der Waals surface area contributed by atoms with E-state index in [2.05, 4.69) is 36.1 Å². The molecule has 0 saturated carbocycles. The van der Waals surface area contributed by atoms with E-state index < -0.39 is 0 Å². The highest BCUT2D eigenvalue weighted by Gasteiger charge is 2.18. The Morgan fingerprint density at radius 3 is 2.77 bits per heavy atom. The van der Waals surface area contributed by atoms with Crippen LogP contribution in [-0.4, -0.2) is 30.2 Å². The molecular formula is C16H23N3O2S. The van der Waals surface area contributed by atoms with Crippen molar-refractivity contribution in [3.63, 3.8) is 0 Å². The number of ether oxygens (including phenoxy) is 1. The molecule has 0 unspecified atom stereocenters. The summed E-state index contributed by atoms with van der Waals surface area (Å²) in [6.07, 6.45) is 8.43. The number of rotatable bonds is 7. The summed E-state index contributed by atoms with van der Waals surface area (Å²) in [6.45, 7) is 7.92. The third kappa shape index (κ3) is 4.96. The average Bonchev–Trinajstić information content (AvgIpc) is 3.10. The Balaban J connectivity index is 1.90. The normalized spacial score (nSPS) is 12.2. The van der Waals surface area contributed by atoms with E-state index in [0.717, 1.165) is 35.3 Å². The average molecular weight is 321 g/mol. The van der Waals surface area contributed by atoms with Gasteiger partial charge in [0.25, 0.3) is 0 Å². The molecule has 2 aromatic rings. The predicted octanol–water partition coefficient (Wildman–Crippen LogP) is 4.05. The van der Waals surface area contributed by atoms with Gasteiger partial charge in [-0.2, -0.15) is 0 Å². The molecule has 22 heavy (non-hydrogen) atoms. The zero-order chi connectivity index (χ0) is 16.0. The van der Waals surface area contributed by atoms with Crippen LogP contribution in [0.2, 0.25) is 0 Å². The summed E-state index contributed by atoms with van der Waals surface area (Å²) in [7, 11) is 1.71. The third-order valence-corrected chi connectivity index (χ3v) is 3.90. The second kappa shape index (κ2) is 7.56. The second-order valence-corrected chi connectivity index (χ2v) is 7.05. The molecule has 5 nitrogen and oxygen atoms in total. The molecule has 0 fully saturated rings. The molecule has 0 spiro atoms. The zero-order valence-electron chi connectivity index (χ0n) is 13.5. The molecule has 0 aliphatic rings. The van der Waals surface area contributed by atoms with Crippen molar-refractivity contribution in [3.8, 4) is 0 Å². The lowest BCUT2D eigenvalue weighted by atomic mass is 9.94. The van der Waals surface area contributed by atoms with E-state index in [1.807, 2.05) is 18.3 Å². The summed E-state index contributed by atoms with van der Waals surface area (Å²) in [6, 6.07) is 0. The van der Waals surface area contributed by atoms with Crippen LogP contribution in [0.25, 0.3) is 12.2 Å². The first-order valence-corrected chi connectivity index (χ1v) is 8.14. The number of oxazole rings is 1. The molecule has 0 aromatic carbocycles. The van der Waals surface area contributed by atoms with Gasteiger partial charge in [0, 0.05) is 42.8 Å². The summed E-state index contributed by atoms with van der Waals surface area (Å²) < 4.78 is 10.7. The zero-order valence-corrected chi connectivity index (χ0v) is 14.4. The fourth-order valence-electron chi connectivity index (χ4n) is 1.72. The third-order valence-electron chi connectivity index (χ3n) is 2.98. The highest BCUT2D eigenvalue weighted by Crippen LogP contribution is 2.24. The van der Waals surface area contributed by atoms with E-state index in [1.54, 1.807) is 24.6 Å². The molecule has 0 aliphatic heterocycles. The van der Waals surface area contributed by atoms with Crippen molar-refractivity contribution in [2.75, 3.05) is 25.6 Å². The van der Waals surface area contributed by atoms with E-state index >= 15 is 0 Å². The minimum absolute atomic E-state index is 0.0249. The molecule has 2 heterocycles. The SMILES string of the molecule is COCCCNc1ncc(C=Cc2ncc(C(C)(C)C)o2)s1. The molecule has 120 valence electrons. The van der Waals surface area contributed by atoms with Crippen LogP contribution < -0.4 is 5.32 Å². The smallest absolute Gasteiger partial charge is 0.218 e. The fraction of sp³-hybridized carbons (Fsp3) is 0.500. The summed E-state index contributed by atoms with van der Waals surface area (Å²) in [5.74, 6) is 1.50. The molecule has 1 N–H and O–H groups in total. The van der Waals surface area contributed by atoms with Gasteiger partial charge in [0.15, 0.2) is 5.13 Å². The van der Waals surface area contributed by atoms with E-state index in [1.165, 1.54) is 0 Å². The van der Waals surface area contributed by atoms with Crippen molar-refractivity contribution in [2.45, 2.75) is 32.6 Å². The number of hydrogen-bond acceptors (Lipinski definition) is 6. The van der Waals surface area contributed by atoms with Crippen LogP contribution in [0.3, 0.4) is 0 Å². The van der Waals surface area contributed by atoms with Crippen LogP contribution in [0.5, 0.6) is 0 Å². The fourth-order valence-corrected chi connectivity index (χ4v) is 2.47. The summed E-state index contributed by atoms with van der Waals surface area (Å²) >= 11 is 1.60. The lowest BCUT2D eigenvalue weighted by molar-refractivity contribution is 0.198. The van der Waals surface area contributed by atoms with Crippen LogP contribution >= 0.6 is 11.3 Å². The van der Waals surface area contributed by atoms with Gasteiger partial charge in [0.05, 0.1) is 6.20 Å². The number of anilines is 1. The van der Waals surface area contributed by atoms with Gasteiger partial charge < -0.3 is 14.5 Å². The quantitative estimate of drug-likeness (QED) is 0.780. The summed E-state index contributed by atoms with van der Waals surface area (Å²) in [5.41, 5.74) is -0.0249. The van der Waals surface area contributed by atoms with E-state index in [0.29, 0.717) is 5.89 Å². The molecule has 0 aliphatic carbocycles. The van der Waals surface area contributed by atoms with Gasteiger partial charge >= 0.3 is 0 Å². The van der Waals surface area contributed by atoms with Gasteiger partial charge in [-0.1, -0.05) is 32.1 Å². The Bertz CT molecular complexity index is 611. The van der Waals surface area contributed by atoms with Crippen LogP contribution in [0.4, 0.5) is 5.13 Å². The highest BCUT2D eigenvalue weighted by atomic mass is 32.1. The largest absolute Gasteiger partial charge is 0.441 e. The van der Waals surface area contributed by atoms with Crippen molar-refractivity contribution in [2.24, 2.45) is 0 Å². The van der Waals surface area contributed by atoms with Gasteiger partial charge in [0.1, 0.15) is 5.76 Å². The number of nitrogens with zero attached hydrogens (tertiary/aromatic N) is 2. The van der Waals surface area contributed by atoms with E-state index in [4.69, 9.17) is 9.15 Å². The monoisotopic (exact) mass is 321 g/mol. The molecule has 0 bridgehead atoms. The van der Waals surface area contributed by atoms with Crippen molar-refractivity contribution < 1.29 is 9.15 Å². The van der Waals surface area contributed by atoms with Gasteiger partial charge in [-0.15, -0.1) is 0 Å². The maximum atomic E-state index is 5.73. The lowest BCUT2D eigenvalue weighted by Crippen LogP contribution is -2.09. The topological polar surface area (TPSA) is 60.2 Å². The van der Waals surface area contributed by atoms with Gasteiger partial charge in [-0.05, 0) is 12.5 Å². The van der Waals surface area contributed by atoms with Gasteiger partial charge in [-0.25, -0.2) is 9.97 Å². The van der Waals surface area contributed by atoms with Crippen LogP contribution in [0, 0.1) is 0 Å². The first kappa shape index (κ1) is 16.7. The molecule has 2 rings (SSSR count). The van der Waals surface area contributed by atoms with Crippen LogP contribution in [-0.2, 0) is 10.2 Å². The number of hydrogen-bond donors (Lipinski definition) is 1. The summed E-state index contributed by atoms with van der Waals surface area (Å²) in [4.78, 5) is 9.67. The number of methoxy groups -OCH3 is 1. The molecule has 2 aromatic heterocycles. The lowest BCUT2D eigenvalue weighted by Gasteiger charge is -2.12. The molecule has 0 saturated heterocycles. The Morgan fingerprint density at radius 1 is 1.27 bits per heavy atom. The van der Waals surface area contributed by atoms with Crippen LogP contribution in [0.15, 0.2) is 16.8 Å². The molecule has 0 amide bonds. The Hall–Kier alpha value is -1.66. The van der Waals surface area contributed by atoms with Crippen molar-refractivity contribution in [3.05, 3.63) is 28.9 Å². The Labute approximate surface area is 135 Å². The van der Waals surface area contributed by atoms with Crippen LogP contribution in [0.1, 0.15) is 43.7 Å². The van der Waals surface area contributed by atoms with Gasteiger partial charge in [0.2, 0.25) is 5.89 Å². The van der Waals surface area contributed by atoms with Gasteiger partial charge in [-0.3, -0.25) is 0 Å². The molecule has 0 atom stereocenters. The Kier molecular flexibility index (Phi) is 5.74. The summed E-state index contributed by atoms with van der Waals surface area (Å²) in [5, 5.41) is 4.19. The predicted molar refractivity (Wildman–Crippen MR) is 91.2 cm³/mol. The number of aromatic nitrogens is 2. The Morgan fingerprint density at radius 2 is 2.09 bits per heavy atom. The molecular weight excluding hydrogens is 298 g/mol. The van der Waals surface area contributed by atoms with E-state index in [-0.39, 0.29) is 5.41 Å². The maximum absolute atomic E-state index is 5.73. The number of thiazole rings is 1. The molecule has 6 heteroatoms. The van der Waals surface area contributed by atoms with Crippen molar-refractivity contribution in [1.82, 2.24) is 9.97 Å². The van der Waals surface area contributed by atoms with Crippen molar-refractivity contribution >= 4 is 28.6 Å². The number of nitrogens with one attached hydrogen (secondary N) is 1. The minimum Gasteiger partial charge on any atom is -0.441 e. The standard InChI is InChI=1S/C16H23N3O2S/c1-16(2,3)13-11-18-14(21-13)7-6-12-10-19-15(22-12)17-8-5-9-20-4/h6-7,10-11H,5,8-9H2,1-4H3,(H,17,19). The highest BCUT2D eigenvalue weighted by molar-refractivity contribution is 7.16. The second-order valence-electron chi connectivity index (χ2n) is 5.99. The first-order valence-electron chi connectivity index (χ1n) is 7.32. The van der Waals surface area contributed by atoms with E-state index in [9.17, 15) is 0 Å². The first-order chi connectivity index (χ1) is 10.5. The molecule has 0 radical (unpaired) electrons.